The largest absolute Gasteiger partial charge is 0.495 e. The van der Waals surface area contributed by atoms with Gasteiger partial charge in [-0.3, -0.25) is 4.72 Å². The highest BCUT2D eigenvalue weighted by atomic mass is 32.2. The quantitative estimate of drug-likeness (QED) is 0.664. The van der Waals surface area contributed by atoms with E-state index in [4.69, 9.17) is 4.74 Å². The Morgan fingerprint density at radius 3 is 2.28 bits per heavy atom. The van der Waals surface area contributed by atoms with Gasteiger partial charge >= 0.3 is 0 Å². The Morgan fingerprint density at radius 1 is 1.03 bits per heavy atom. The fourth-order valence-electron chi connectivity index (χ4n) is 3.29. The van der Waals surface area contributed by atoms with Crippen LogP contribution in [0.25, 0.3) is 5.69 Å². The maximum Gasteiger partial charge on any atom is 0.265 e. The molecule has 6 nitrogen and oxygen atoms in total. The summed E-state index contributed by atoms with van der Waals surface area (Å²) in [5, 5.41) is 4.45. The lowest BCUT2D eigenvalue weighted by atomic mass is 9.87. The molecule has 0 unspecified atom stereocenters. The number of rotatable bonds is 5. The number of methoxy groups -OCH3 is 1. The molecule has 0 atom stereocenters. The Hall–Kier alpha value is -2.80. The Bertz CT molecular complexity index is 1130. The number of nitrogens with zero attached hydrogens (tertiary/aromatic N) is 2. The molecule has 0 fully saturated rings. The number of sulfonamides is 1. The second-order valence-electron chi connectivity index (χ2n) is 8.02. The predicted molar refractivity (Wildman–Crippen MR) is 116 cm³/mol. The van der Waals surface area contributed by atoms with E-state index < -0.39 is 10.0 Å². The van der Waals surface area contributed by atoms with Gasteiger partial charge in [0, 0.05) is 0 Å². The van der Waals surface area contributed by atoms with Crippen molar-refractivity contribution >= 4 is 15.7 Å². The Morgan fingerprint density at radius 2 is 1.69 bits per heavy atom. The number of hydrogen-bond donors (Lipinski definition) is 1. The van der Waals surface area contributed by atoms with Crippen LogP contribution in [0.15, 0.2) is 53.4 Å². The van der Waals surface area contributed by atoms with Crippen LogP contribution in [0.5, 0.6) is 5.75 Å². The molecule has 0 aliphatic heterocycles. The van der Waals surface area contributed by atoms with Gasteiger partial charge in [-0.1, -0.05) is 45.0 Å². The number of aryl methyl sites for hydroxylation is 1. The van der Waals surface area contributed by atoms with Crippen LogP contribution in [0.2, 0.25) is 0 Å². The molecule has 29 heavy (non-hydrogen) atoms. The number of nitrogens with one attached hydrogen (secondary N) is 1. The third kappa shape index (κ3) is 4.15. The summed E-state index contributed by atoms with van der Waals surface area (Å²) in [6, 6.07) is 15.0. The van der Waals surface area contributed by atoms with Crippen LogP contribution in [0.4, 0.5) is 5.69 Å². The van der Waals surface area contributed by atoms with Gasteiger partial charge in [0.05, 0.1) is 29.9 Å². The molecule has 1 N–H and O–H groups in total. The van der Waals surface area contributed by atoms with Gasteiger partial charge in [-0.25, -0.2) is 13.1 Å². The highest BCUT2D eigenvalue weighted by Crippen LogP contribution is 2.34. The molecular weight excluding hydrogens is 386 g/mol. The van der Waals surface area contributed by atoms with Crippen molar-refractivity contribution in [1.29, 1.82) is 0 Å². The van der Waals surface area contributed by atoms with E-state index in [0.29, 0.717) is 22.8 Å². The third-order valence-corrected chi connectivity index (χ3v) is 6.42. The van der Waals surface area contributed by atoms with E-state index >= 15 is 0 Å². The van der Waals surface area contributed by atoms with Gasteiger partial charge in [0.1, 0.15) is 10.6 Å². The minimum absolute atomic E-state index is 0.128. The molecule has 1 aromatic heterocycles. The molecular formula is C22H27N3O3S. The van der Waals surface area contributed by atoms with E-state index in [2.05, 4.69) is 30.6 Å². The topological polar surface area (TPSA) is 73.2 Å². The van der Waals surface area contributed by atoms with E-state index in [1.165, 1.54) is 7.11 Å². The summed E-state index contributed by atoms with van der Waals surface area (Å²) in [4.78, 5) is 0.171. The normalized spacial score (nSPS) is 12.1. The molecule has 0 radical (unpaired) electrons. The molecule has 0 amide bonds. The average Bonchev–Trinajstić information content (AvgIpc) is 2.96. The van der Waals surface area contributed by atoms with Crippen molar-refractivity contribution < 1.29 is 13.2 Å². The molecule has 3 aromatic rings. The second kappa shape index (κ2) is 7.55. The van der Waals surface area contributed by atoms with Crippen molar-refractivity contribution in [3.63, 3.8) is 0 Å². The Balaban J connectivity index is 2.07. The first-order valence-electron chi connectivity index (χ1n) is 9.37. The fourth-order valence-corrected chi connectivity index (χ4v) is 4.74. The molecule has 2 aromatic carbocycles. The van der Waals surface area contributed by atoms with Gasteiger partial charge in [0.2, 0.25) is 0 Å². The van der Waals surface area contributed by atoms with Gasteiger partial charge in [-0.2, -0.15) is 5.10 Å². The van der Waals surface area contributed by atoms with Gasteiger partial charge in [0.15, 0.2) is 0 Å². The number of aromatic nitrogens is 2. The molecule has 7 heteroatoms. The maximum atomic E-state index is 13.3. The zero-order valence-corrected chi connectivity index (χ0v) is 18.5. The maximum absolute atomic E-state index is 13.3. The zero-order chi connectivity index (χ0) is 21.4. The summed E-state index contributed by atoms with van der Waals surface area (Å²) >= 11 is 0. The van der Waals surface area contributed by atoms with E-state index in [1.807, 2.05) is 42.5 Å². The summed E-state index contributed by atoms with van der Waals surface area (Å²) in [7, 11) is -2.35. The SMILES string of the molecule is COc1ccc(C(C)(C)C)cc1NS(=O)(=O)c1c(C)nn(-c2ccccc2)c1C. The number of para-hydroxylation sites is 1. The molecule has 0 aliphatic rings. The summed E-state index contributed by atoms with van der Waals surface area (Å²) in [5.41, 5.74) is 3.07. The van der Waals surface area contributed by atoms with Gasteiger partial charge in [-0.15, -0.1) is 0 Å². The minimum Gasteiger partial charge on any atom is -0.495 e. The first-order chi connectivity index (χ1) is 13.5. The lowest BCUT2D eigenvalue weighted by Gasteiger charge is -2.21. The van der Waals surface area contributed by atoms with Crippen molar-refractivity contribution in [3.8, 4) is 11.4 Å². The van der Waals surface area contributed by atoms with Crippen LogP contribution in [-0.4, -0.2) is 25.3 Å². The summed E-state index contributed by atoms with van der Waals surface area (Å²) in [5.74, 6) is 0.465. The number of hydrogen-bond acceptors (Lipinski definition) is 4. The highest BCUT2D eigenvalue weighted by Gasteiger charge is 2.27. The summed E-state index contributed by atoms with van der Waals surface area (Å²) < 4.78 is 36.3. The van der Waals surface area contributed by atoms with Crippen LogP contribution in [0, 0.1) is 13.8 Å². The van der Waals surface area contributed by atoms with Crippen molar-refractivity contribution in [2.75, 3.05) is 11.8 Å². The molecule has 3 rings (SSSR count). The van der Waals surface area contributed by atoms with Crippen LogP contribution in [0.1, 0.15) is 37.7 Å². The number of anilines is 1. The Kier molecular flexibility index (Phi) is 5.45. The highest BCUT2D eigenvalue weighted by molar-refractivity contribution is 7.92. The molecule has 1 heterocycles. The number of ether oxygens (including phenoxy) is 1. The van der Waals surface area contributed by atoms with Crippen LogP contribution in [-0.2, 0) is 15.4 Å². The predicted octanol–water partition coefficient (Wildman–Crippen LogP) is 4.60. The second-order valence-corrected chi connectivity index (χ2v) is 9.64. The first kappa shape index (κ1) is 20.9. The molecule has 0 aliphatic carbocycles. The Labute approximate surface area is 172 Å². The smallest absolute Gasteiger partial charge is 0.265 e. The van der Waals surface area contributed by atoms with Crippen molar-refractivity contribution in [2.45, 2.75) is 44.9 Å². The van der Waals surface area contributed by atoms with Crippen LogP contribution in [0.3, 0.4) is 0 Å². The van der Waals surface area contributed by atoms with Gasteiger partial charge < -0.3 is 4.74 Å². The van der Waals surface area contributed by atoms with Gasteiger partial charge in [-0.05, 0) is 49.1 Å². The van der Waals surface area contributed by atoms with E-state index in [1.54, 1.807) is 24.6 Å². The van der Waals surface area contributed by atoms with E-state index in [0.717, 1.165) is 11.3 Å². The average molecular weight is 414 g/mol. The lowest BCUT2D eigenvalue weighted by molar-refractivity contribution is 0.416. The van der Waals surface area contributed by atoms with Gasteiger partial charge in [0.25, 0.3) is 10.0 Å². The monoisotopic (exact) mass is 413 g/mol. The standard InChI is InChI=1S/C22H27N3O3S/c1-15-21(16(2)25(23-15)18-10-8-7-9-11-18)29(26,27)24-19-14-17(22(3,4)5)12-13-20(19)28-6/h7-14,24H,1-6H3. The van der Waals surface area contributed by atoms with E-state index in [-0.39, 0.29) is 10.3 Å². The molecule has 0 saturated heterocycles. The third-order valence-electron chi connectivity index (χ3n) is 4.80. The zero-order valence-electron chi connectivity index (χ0n) is 17.6. The fraction of sp³-hybridized carbons (Fsp3) is 0.318. The van der Waals surface area contributed by atoms with E-state index in [9.17, 15) is 8.42 Å². The summed E-state index contributed by atoms with van der Waals surface area (Å²) in [6.45, 7) is 9.68. The molecule has 0 bridgehead atoms. The lowest BCUT2D eigenvalue weighted by Crippen LogP contribution is -2.17. The molecule has 0 spiro atoms. The first-order valence-corrected chi connectivity index (χ1v) is 10.9. The van der Waals surface area contributed by atoms with Crippen LogP contribution >= 0.6 is 0 Å². The van der Waals surface area contributed by atoms with Crippen molar-refractivity contribution in [3.05, 3.63) is 65.5 Å². The van der Waals surface area contributed by atoms with Crippen molar-refractivity contribution in [1.82, 2.24) is 9.78 Å². The number of benzene rings is 2. The molecule has 0 saturated carbocycles. The molecule has 154 valence electrons. The minimum atomic E-state index is -3.87. The van der Waals surface area contributed by atoms with Crippen molar-refractivity contribution in [2.24, 2.45) is 0 Å². The summed E-state index contributed by atoms with van der Waals surface area (Å²) in [6.07, 6.45) is 0. The van der Waals surface area contributed by atoms with Crippen LogP contribution < -0.4 is 9.46 Å².